The molecule has 0 heterocycles. The maximum absolute atomic E-state index is 12.9. The third-order valence-electron chi connectivity index (χ3n) is 6.70. The lowest BCUT2D eigenvalue weighted by molar-refractivity contribution is -0.116. The van der Waals surface area contributed by atoms with E-state index in [0.717, 1.165) is 17.8 Å². The number of anilines is 1. The summed E-state index contributed by atoms with van der Waals surface area (Å²) in [5, 5.41) is 6.32. The molecule has 0 unspecified atom stereocenters. The van der Waals surface area contributed by atoms with Gasteiger partial charge in [0.25, 0.3) is 0 Å². The third kappa shape index (κ3) is 3.08. The number of rotatable bonds is 5. The summed E-state index contributed by atoms with van der Waals surface area (Å²) in [6, 6.07) is 6.29. The van der Waals surface area contributed by atoms with Crippen LogP contribution in [0.2, 0.25) is 0 Å². The molecule has 1 atom stereocenters. The number of halogens is 1. The van der Waals surface area contributed by atoms with Gasteiger partial charge in [-0.1, -0.05) is 0 Å². The zero-order valence-corrected chi connectivity index (χ0v) is 14.4. The summed E-state index contributed by atoms with van der Waals surface area (Å²) in [4.78, 5) is 12.2. The Morgan fingerprint density at radius 2 is 1.67 bits per heavy atom. The molecule has 3 nitrogen and oxygen atoms in total. The van der Waals surface area contributed by atoms with E-state index in [4.69, 9.17) is 0 Å². The highest BCUT2D eigenvalue weighted by Gasteiger charge is 2.52. The summed E-state index contributed by atoms with van der Waals surface area (Å²) < 4.78 is 12.9. The van der Waals surface area contributed by atoms with E-state index in [1.807, 2.05) is 0 Å². The number of carbonyl (C=O) groups is 1. The van der Waals surface area contributed by atoms with Crippen molar-refractivity contribution in [1.82, 2.24) is 5.32 Å². The van der Waals surface area contributed by atoms with Gasteiger partial charge < -0.3 is 10.6 Å². The van der Waals surface area contributed by atoms with E-state index < -0.39 is 0 Å². The second-order valence-electron chi connectivity index (χ2n) is 8.44. The monoisotopic (exact) mass is 330 g/mol. The van der Waals surface area contributed by atoms with E-state index in [2.05, 4.69) is 17.6 Å². The average Bonchev–Trinajstić information content (AvgIpc) is 2.53. The molecular formula is C20H27FN2O. The normalized spacial score (nSPS) is 35.0. The highest BCUT2D eigenvalue weighted by atomic mass is 19.1. The first-order valence-corrected chi connectivity index (χ1v) is 9.31. The molecule has 0 spiro atoms. The van der Waals surface area contributed by atoms with E-state index in [1.54, 1.807) is 12.1 Å². The van der Waals surface area contributed by atoms with E-state index in [1.165, 1.54) is 50.7 Å². The Bertz CT molecular complexity index is 577. The largest absolute Gasteiger partial charge is 0.325 e. The number of amides is 1. The fourth-order valence-corrected chi connectivity index (χ4v) is 5.91. The molecule has 1 aromatic carbocycles. The van der Waals surface area contributed by atoms with Crippen LogP contribution in [0.5, 0.6) is 0 Å². The van der Waals surface area contributed by atoms with Gasteiger partial charge in [0.05, 0.1) is 6.54 Å². The fourth-order valence-electron chi connectivity index (χ4n) is 5.91. The van der Waals surface area contributed by atoms with Crippen molar-refractivity contribution in [3.8, 4) is 0 Å². The lowest BCUT2D eigenvalue weighted by atomic mass is 9.48. The van der Waals surface area contributed by atoms with Crippen molar-refractivity contribution in [3.63, 3.8) is 0 Å². The molecule has 0 aliphatic heterocycles. The van der Waals surface area contributed by atoms with Crippen molar-refractivity contribution in [1.29, 1.82) is 0 Å². The molecule has 1 amide bonds. The lowest BCUT2D eigenvalue weighted by Crippen LogP contribution is -2.55. The van der Waals surface area contributed by atoms with Crippen molar-refractivity contribution < 1.29 is 9.18 Å². The van der Waals surface area contributed by atoms with E-state index in [0.29, 0.717) is 23.7 Å². The van der Waals surface area contributed by atoms with Gasteiger partial charge in [0.1, 0.15) is 5.82 Å². The molecule has 4 bridgehead atoms. The minimum absolute atomic E-state index is 0.0572. The van der Waals surface area contributed by atoms with Crippen LogP contribution >= 0.6 is 0 Å². The van der Waals surface area contributed by atoms with Gasteiger partial charge >= 0.3 is 0 Å². The second kappa shape index (κ2) is 6.14. The molecule has 4 aliphatic carbocycles. The molecule has 5 rings (SSSR count). The summed E-state index contributed by atoms with van der Waals surface area (Å²) >= 11 is 0. The molecule has 4 aliphatic rings. The molecule has 0 aromatic heterocycles. The first-order chi connectivity index (χ1) is 11.5. The van der Waals surface area contributed by atoms with Crippen LogP contribution in [0.3, 0.4) is 0 Å². The maximum Gasteiger partial charge on any atom is 0.238 e. The summed E-state index contributed by atoms with van der Waals surface area (Å²) in [7, 11) is 0. The Morgan fingerprint density at radius 3 is 2.21 bits per heavy atom. The average molecular weight is 330 g/mol. The summed E-state index contributed by atoms with van der Waals surface area (Å²) in [5.74, 6) is 2.43. The van der Waals surface area contributed by atoms with Crippen LogP contribution < -0.4 is 10.6 Å². The SMILES string of the molecule is C[C@H](NCC(=O)Nc1ccc(F)cc1)C12CC3CC(CC(C3)C1)C2. The van der Waals surface area contributed by atoms with Gasteiger partial charge in [-0.3, -0.25) is 4.79 Å². The predicted octanol–water partition coefficient (Wildman–Crippen LogP) is 3.96. The first kappa shape index (κ1) is 16.1. The molecule has 0 saturated heterocycles. The van der Waals surface area contributed by atoms with Crippen molar-refractivity contribution in [2.75, 3.05) is 11.9 Å². The van der Waals surface area contributed by atoms with Crippen LogP contribution in [0.25, 0.3) is 0 Å². The predicted molar refractivity (Wildman–Crippen MR) is 93.1 cm³/mol. The van der Waals surface area contributed by atoms with Crippen LogP contribution in [-0.2, 0) is 4.79 Å². The number of hydrogen-bond donors (Lipinski definition) is 2. The van der Waals surface area contributed by atoms with Crippen molar-refractivity contribution >= 4 is 11.6 Å². The Morgan fingerprint density at radius 1 is 1.12 bits per heavy atom. The molecule has 4 heteroatoms. The van der Waals surface area contributed by atoms with Crippen LogP contribution in [0, 0.1) is 29.0 Å². The summed E-state index contributed by atoms with van der Waals surface area (Å²) in [5.41, 5.74) is 1.05. The summed E-state index contributed by atoms with van der Waals surface area (Å²) in [6.45, 7) is 2.58. The molecule has 130 valence electrons. The minimum Gasteiger partial charge on any atom is -0.325 e. The van der Waals surface area contributed by atoms with Gasteiger partial charge in [-0.05, 0) is 92.9 Å². The van der Waals surface area contributed by atoms with E-state index >= 15 is 0 Å². The molecular weight excluding hydrogens is 303 g/mol. The molecule has 4 saturated carbocycles. The molecule has 2 N–H and O–H groups in total. The van der Waals surface area contributed by atoms with Gasteiger partial charge in [-0.15, -0.1) is 0 Å². The van der Waals surface area contributed by atoms with Gasteiger partial charge in [0.2, 0.25) is 5.91 Å². The van der Waals surface area contributed by atoms with E-state index in [-0.39, 0.29) is 11.7 Å². The maximum atomic E-state index is 12.9. The molecule has 4 fully saturated rings. The Balaban J connectivity index is 1.32. The molecule has 1 aromatic rings. The third-order valence-corrected chi connectivity index (χ3v) is 6.70. The van der Waals surface area contributed by atoms with Crippen molar-refractivity contribution in [2.24, 2.45) is 23.2 Å². The van der Waals surface area contributed by atoms with E-state index in [9.17, 15) is 9.18 Å². The van der Waals surface area contributed by atoms with Gasteiger partial charge in [0, 0.05) is 11.7 Å². The van der Waals surface area contributed by atoms with Crippen molar-refractivity contribution in [3.05, 3.63) is 30.1 Å². The zero-order chi connectivity index (χ0) is 16.7. The quantitative estimate of drug-likeness (QED) is 0.858. The molecule has 0 radical (unpaired) electrons. The van der Waals surface area contributed by atoms with Crippen LogP contribution in [0.4, 0.5) is 10.1 Å². The number of nitrogens with one attached hydrogen (secondary N) is 2. The zero-order valence-electron chi connectivity index (χ0n) is 14.4. The van der Waals surface area contributed by atoms with Gasteiger partial charge in [0.15, 0.2) is 0 Å². The topological polar surface area (TPSA) is 41.1 Å². The Hall–Kier alpha value is -1.42. The van der Waals surface area contributed by atoms with Crippen LogP contribution in [-0.4, -0.2) is 18.5 Å². The highest BCUT2D eigenvalue weighted by molar-refractivity contribution is 5.92. The van der Waals surface area contributed by atoms with Crippen LogP contribution in [0.15, 0.2) is 24.3 Å². The van der Waals surface area contributed by atoms with Gasteiger partial charge in [-0.25, -0.2) is 4.39 Å². The second-order valence-corrected chi connectivity index (χ2v) is 8.44. The van der Waals surface area contributed by atoms with Crippen LogP contribution in [0.1, 0.15) is 45.4 Å². The minimum atomic E-state index is -0.290. The standard InChI is InChI=1S/C20H27FN2O/c1-13(20-9-14-6-15(10-20)8-16(7-14)11-20)22-12-19(24)23-18-4-2-17(21)3-5-18/h2-5,13-16,22H,6-12H2,1H3,(H,23,24)/t13-,14?,15?,16?,20?/m0/s1. The first-order valence-electron chi connectivity index (χ1n) is 9.31. The number of benzene rings is 1. The Labute approximate surface area is 143 Å². The number of carbonyl (C=O) groups excluding carboxylic acids is 1. The van der Waals surface area contributed by atoms with Gasteiger partial charge in [-0.2, -0.15) is 0 Å². The summed E-state index contributed by atoms with van der Waals surface area (Å²) in [6.07, 6.45) is 8.34. The number of hydrogen-bond acceptors (Lipinski definition) is 2. The smallest absolute Gasteiger partial charge is 0.238 e. The lowest BCUT2D eigenvalue weighted by Gasteiger charge is -2.59. The Kier molecular flexibility index (Phi) is 4.11. The fraction of sp³-hybridized carbons (Fsp3) is 0.650. The highest BCUT2D eigenvalue weighted by Crippen LogP contribution is 2.61. The molecule has 24 heavy (non-hydrogen) atoms. The van der Waals surface area contributed by atoms with Crippen molar-refractivity contribution in [2.45, 2.75) is 51.5 Å².